The van der Waals surface area contributed by atoms with Gasteiger partial charge in [0, 0.05) is 25.5 Å². The highest BCUT2D eigenvalue weighted by Gasteiger charge is 2.29. The minimum atomic E-state index is -4.41. The maximum atomic E-state index is 12.2. The van der Waals surface area contributed by atoms with Gasteiger partial charge in [-0.05, 0) is 30.5 Å². The van der Waals surface area contributed by atoms with Gasteiger partial charge in [-0.1, -0.05) is 6.07 Å². The molecule has 0 saturated carbocycles. The van der Waals surface area contributed by atoms with E-state index in [0.29, 0.717) is 31.9 Å². The standard InChI is InChI=1S/C17H22F3NO4/c1-23-15-8-12(2-4-14(15)25-11-17(18,19)20)3-5-16(22)21-9-13-6-7-24-10-13/h2,4,8,13H,3,5-7,9-11H2,1H3,(H,21,22). The summed E-state index contributed by atoms with van der Waals surface area (Å²) < 4.78 is 51.7. The first-order valence-electron chi connectivity index (χ1n) is 8.08. The molecule has 0 spiro atoms. The van der Waals surface area contributed by atoms with Gasteiger partial charge in [0.05, 0.1) is 13.7 Å². The molecule has 25 heavy (non-hydrogen) atoms. The van der Waals surface area contributed by atoms with E-state index in [9.17, 15) is 18.0 Å². The van der Waals surface area contributed by atoms with Gasteiger partial charge in [-0.3, -0.25) is 4.79 Å². The van der Waals surface area contributed by atoms with E-state index in [2.05, 4.69) is 5.32 Å². The van der Waals surface area contributed by atoms with Crippen LogP contribution in [0, 0.1) is 5.92 Å². The maximum absolute atomic E-state index is 12.2. The summed E-state index contributed by atoms with van der Waals surface area (Å²) in [6.07, 6.45) is -2.70. The molecule has 1 N–H and O–H groups in total. The predicted molar refractivity (Wildman–Crippen MR) is 84.8 cm³/mol. The van der Waals surface area contributed by atoms with Crippen LogP contribution in [0.15, 0.2) is 18.2 Å². The third kappa shape index (κ3) is 6.81. The smallest absolute Gasteiger partial charge is 0.422 e. The summed E-state index contributed by atoms with van der Waals surface area (Å²) in [5, 5.41) is 2.87. The molecule has 1 heterocycles. The van der Waals surface area contributed by atoms with Crippen LogP contribution in [0.2, 0.25) is 0 Å². The number of carbonyl (C=O) groups excluding carboxylic acids is 1. The van der Waals surface area contributed by atoms with Crippen LogP contribution in [0.1, 0.15) is 18.4 Å². The molecule has 0 aliphatic carbocycles. The lowest BCUT2D eigenvalue weighted by atomic mass is 10.1. The zero-order valence-electron chi connectivity index (χ0n) is 14.0. The highest BCUT2D eigenvalue weighted by atomic mass is 19.4. The van der Waals surface area contributed by atoms with E-state index in [0.717, 1.165) is 18.6 Å². The highest BCUT2D eigenvalue weighted by Crippen LogP contribution is 2.30. The van der Waals surface area contributed by atoms with Crippen molar-refractivity contribution in [3.05, 3.63) is 23.8 Å². The molecular formula is C17H22F3NO4. The van der Waals surface area contributed by atoms with E-state index in [1.165, 1.54) is 13.2 Å². The van der Waals surface area contributed by atoms with E-state index in [1.807, 2.05) is 0 Å². The third-order valence-electron chi connectivity index (χ3n) is 3.87. The largest absolute Gasteiger partial charge is 0.493 e. The molecule has 8 heteroatoms. The Kier molecular flexibility index (Phi) is 6.92. The number of ether oxygens (including phenoxy) is 3. The second-order valence-electron chi connectivity index (χ2n) is 5.92. The molecule has 1 fully saturated rings. The van der Waals surface area contributed by atoms with Crippen molar-refractivity contribution < 1.29 is 32.2 Å². The Hall–Kier alpha value is -1.96. The minimum absolute atomic E-state index is 0.0225. The number of carbonyl (C=O) groups is 1. The Balaban J connectivity index is 1.81. The van der Waals surface area contributed by atoms with Gasteiger partial charge in [0.2, 0.25) is 5.91 Å². The number of aryl methyl sites for hydroxylation is 1. The highest BCUT2D eigenvalue weighted by molar-refractivity contribution is 5.76. The second kappa shape index (κ2) is 8.94. The molecule has 1 unspecified atom stereocenters. The number of rotatable bonds is 8. The molecule has 1 amide bonds. The molecule has 1 aromatic carbocycles. The van der Waals surface area contributed by atoms with E-state index < -0.39 is 12.8 Å². The van der Waals surface area contributed by atoms with Gasteiger partial charge in [-0.25, -0.2) is 0 Å². The normalized spacial score (nSPS) is 17.4. The Morgan fingerprint density at radius 1 is 1.36 bits per heavy atom. The molecule has 1 atom stereocenters. The fourth-order valence-corrected chi connectivity index (χ4v) is 2.50. The van der Waals surface area contributed by atoms with Crippen LogP contribution in [0.25, 0.3) is 0 Å². The number of hydrogen-bond donors (Lipinski definition) is 1. The Morgan fingerprint density at radius 2 is 2.16 bits per heavy atom. The van der Waals surface area contributed by atoms with E-state index in [1.54, 1.807) is 12.1 Å². The summed E-state index contributed by atoms with van der Waals surface area (Å²) in [5.74, 6) is 0.539. The van der Waals surface area contributed by atoms with Gasteiger partial charge in [0.1, 0.15) is 0 Å². The summed E-state index contributed by atoms with van der Waals surface area (Å²) in [5.41, 5.74) is 0.788. The van der Waals surface area contributed by atoms with Crippen molar-refractivity contribution in [2.75, 3.05) is 33.5 Å². The first-order valence-corrected chi connectivity index (χ1v) is 8.08. The summed E-state index contributed by atoms with van der Waals surface area (Å²) in [7, 11) is 1.36. The van der Waals surface area contributed by atoms with Gasteiger partial charge < -0.3 is 19.5 Å². The van der Waals surface area contributed by atoms with Crippen molar-refractivity contribution in [3.8, 4) is 11.5 Å². The summed E-state index contributed by atoms with van der Waals surface area (Å²) in [4.78, 5) is 11.9. The lowest BCUT2D eigenvalue weighted by molar-refractivity contribution is -0.153. The molecule has 0 bridgehead atoms. The Morgan fingerprint density at radius 3 is 2.80 bits per heavy atom. The molecule has 1 saturated heterocycles. The topological polar surface area (TPSA) is 56.8 Å². The minimum Gasteiger partial charge on any atom is -0.493 e. The third-order valence-corrected chi connectivity index (χ3v) is 3.87. The zero-order chi connectivity index (χ0) is 18.3. The summed E-state index contributed by atoms with van der Waals surface area (Å²) in [6, 6.07) is 4.64. The fraction of sp³-hybridized carbons (Fsp3) is 0.588. The lowest BCUT2D eigenvalue weighted by Crippen LogP contribution is -2.29. The average Bonchev–Trinajstić information content (AvgIpc) is 3.09. The van der Waals surface area contributed by atoms with E-state index in [4.69, 9.17) is 14.2 Å². The van der Waals surface area contributed by atoms with Gasteiger partial charge in [-0.2, -0.15) is 13.2 Å². The van der Waals surface area contributed by atoms with Gasteiger partial charge >= 0.3 is 6.18 Å². The van der Waals surface area contributed by atoms with Crippen molar-refractivity contribution in [3.63, 3.8) is 0 Å². The van der Waals surface area contributed by atoms with Crippen molar-refractivity contribution in [2.24, 2.45) is 5.92 Å². The average molecular weight is 361 g/mol. The van der Waals surface area contributed by atoms with Crippen LogP contribution in [0.4, 0.5) is 13.2 Å². The number of hydrogen-bond acceptors (Lipinski definition) is 4. The quantitative estimate of drug-likeness (QED) is 0.774. The lowest BCUT2D eigenvalue weighted by Gasteiger charge is -2.14. The molecule has 0 radical (unpaired) electrons. The molecular weight excluding hydrogens is 339 g/mol. The molecule has 1 aliphatic heterocycles. The number of methoxy groups -OCH3 is 1. The Bertz CT molecular complexity index is 572. The molecule has 2 rings (SSSR count). The van der Waals surface area contributed by atoms with E-state index >= 15 is 0 Å². The fourth-order valence-electron chi connectivity index (χ4n) is 2.50. The van der Waals surface area contributed by atoms with Crippen LogP contribution in [-0.2, 0) is 16.0 Å². The van der Waals surface area contributed by atoms with Crippen molar-refractivity contribution in [2.45, 2.75) is 25.4 Å². The van der Waals surface area contributed by atoms with Crippen LogP contribution in [0.3, 0.4) is 0 Å². The molecule has 140 valence electrons. The predicted octanol–water partition coefficient (Wildman–Crippen LogP) is 2.72. The van der Waals surface area contributed by atoms with Crippen LogP contribution < -0.4 is 14.8 Å². The zero-order valence-corrected chi connectivity index (χ0v) is 14.0. The molecule has 0 aromatic heterocycles. The molecule has 1 aromatic rings. The SMILES string of the molecule is COc1cc(CCC(=O)NCC2CCOC2)ccc1OCC(F)(F)F. The summed E-state index contributed by atoms with van der Waals surface area (Å²) >= 11 is 0. The first-order chi connectivity index (χ1) is 11.9. The van der Waals surface area contributed by atoms with Crippen molar-refractivity contribution in [1.82, 2.24) is 5.32 Å². The second-order valence-corrected chi connectivity index (χ2v) is 5.92. The van der Waals surface area contributed by atoms with Gasteiger partial charge in [0.25, 0.3) is 0 Å². The number of amides is 1. The molecule has 5 nitrogen and oxygen atoms in total. The van der Waals surface area contributed by atoms with Gasteiger partial charge in [-0.15, -0.1) is 0 Å². The monoisotopic (exact) mass is 361 g/mol. The number of benzene rings is 1. The maximum Gasteiger partial charge on any atom is 0.422 e. The van der Waals surface area contributed by atoms with Gasteiger partial charge in [0.15, 0.2) is 18.1 Å². The Labute approximate surface area is 144 Å². The van der Waals surface area contributed by atoms with Crippen LogP contribution in [-0.4, -0.2) is 45.6 Å². The number of nitrogens with one attached hydrogen (secondary N) is 1. The van der Waals surface area contributed by atoms with Crippen molar-refractivity contribution in [1.29, 1.82) is 0 Å². The van der Waals surface area contributed by atoms with Crippen LogP contribution in [0.5, 0.6) is 11.5 Å². The van der Waals surface area contributed by atoms with Crippen LogP contribution >= 0.6 is 0 Å². The number of halogens is 3. The number of alkyl halides is 3. The van der Waals surface area contributed by atoms with E-state index in [-0.39, 0.29) is 17.4 Å². The first kappa shape index (κ1) is 19.4. The van der Waals surface area contributed by atoms with Crippen molar-refractivity contribution >= 4 is 5.91 Å². The summed E-state index contributed by atoms with van der Waals surface area (Å²) in [6.45, 7) is 0.641. The molecule has 1 aliphatic rings.